The average Bonchev–Trinajstić information content (AvgIpc) is 2.63. The van der Waals surface area contributed by atoms with Gasteiger partial charge in [-0.1, -0.05) is 12.1 Å². The highest BCUT2D eigenvalue weighted by Crippen LogP contribution is 2.19. The van der Waals surface area contributed by atoms with E-state index in [1.54, 1.807) is 24.3 Å². The number of alkyl halides is 3. The summed E-state index contributed by atoms with van der Waals surface area (Å²) in [4.78, 5) is 25.7. The van der Waals surface area contributed by atoms with Gasteiger partial charge in [-0.3, -0.25) is 14.5 Å². The molecule has 27 heavy (non-hydrogen) atoms. The summed E-state index contributed by atoms with van der Waals surface area (Å²) in [5, 5.41) is 0. The highest BCUT2D eigenvalue weighted by atomic mass is 19.4. The van der Waals surface area contributed by atoms with Gasteiger partial charge >= 0.3 is 18.1 Å². The molecular weight excluding hydrogens is 365 g/mol. The second-order valence-corrected chi connectivity index (χ2v) is 6.11. The minimum Gasteiger partial charge on any atom is -0.494 e. The summed E-state index contributed by atoms with van der Waals surface area (Å²) in [6.45, 7) is 3.69. The Morgan fingerprint density at radius 1 is 1.07 bits per heavy atom. The summed E-state index contributed by atoms with van der Waals surface area (Å²) >= 11 is 0. The Hall–Kier alpha value is -2.29. The number of ether oxygens (including phenoxy) is 2. The molecule has 1 fully saturated rings. The zero-order chi connectivity index (χ0) is 19.9. The van der Waals surface area contributed by atoms with Crippen LogP contribution in [-0.2, 0) is 20.7 Å². The smallest absolute Gasteiger partial charge is 0.471 e. The van der Waals surface area contributed by atoms with E-state index < -0.39 is 12.1 Å². The molecule has 0 spiro atoms. The predicted octanol–water partition coefficient (Wildman–Crippen LogP) is 1.88. The van der Waals surface area contributed by atoms with Crippen LogP contribution in [0.3, 0.4) is 0 Å². The van der Waals surface area contributed by atoms with Crippen molar-refractivity contribution in [1.82, 2.24) is 9.80 Å². The molecule has 0 saturated carbocycles. The van der Waals surface area contributed by atoms with Crippen molar-refractivity contribution in [1.29, 1.82) is 0 Å². The van der Waals surface area contributed by atoms with E-state index in [0.29, 0.717) is 26.2 Å². The molecule has 1 aliphatic rings. The summed E-state index contributed by atoms with van der Waals surface area (Å²) in [7, 11) is 0. The first-order valence-electron chi connectivity index (χ1n) is 8.75. The molecule has 0 N–H and O–H groups in total. The minimum atomic E-state index is -4.83. The van der Waals surface area contributed by atoms with Crippen LogP contribution in [0.5, 0.6) is 5.75 Å². The standard InChI is InChI=1S/C18H23F3N2O4/c1-2-26-15-5-3-14(4-6-15)13-16(24)27-12-11-22-7-9-23(10-8-22)17(25)18(19,20)21/h3-6H,2,7-13H2,1H3. The molecule has 1 saturated heterocycles. The van der Waals surface area contributed by atoms with Gasteiger partial charge in [-0.05, 0) is 24.6 Å². The lowest BCUT2D eigenvalue weighted by Gasteiger charge is -2.34. The molecule has 1 aliphatic heterocycles. The third-order valence-electron chi connectivity index (χ3n) is 4.16. The second kappa shape index (κ2) is 9.59. The van der Waals surface area contributed by atoms with Crippen molar-refractivity contribution in [2.24, 2.45) is 0 Å². The van der Waals surface area contributed by atoms with Gasteiger partial charge in [0.2, 0.25) is 0 Å². The molecule has 1 heterocycles. The third kappa shape index (κ3) is 6.74. The Morgan fingerprint density at radius 2 is 1.70 bits per heavy atom. The van der Waals surface area contributed by atoms with Gasteiger partial charge in [0.05, 0.1) is 13.0 Å². The number of rotatable bonds is 7. The zero-order valence-electron chi connectivity index (χ0n) is 15.1. The van der Waals surface area contributed by atoms with Gasteiger partial charge < -0.3 is 14.4 Å². The molecule has 1 aromatic rings. The number of amides is 1. The maximum absolute atomic E-state index is 12.4. The molecule has 0 aromatic heterocycles. The van der Waals surface area contributed by atoms with Crippen LogP contribution >= 0.6 is 0 Å². The van der Waals surface area contributed by atoms with Gasteiger partial charge in [-0.25, -0.2) is 0 Å². The lowest BCUT2D eigenvalue weighted by atomic mass is 10.1. The monoisotopic (exact) mass is 388 g/mol. The molecule has 6 nitrogen and oxygen atoms in total. The number of piperazine rings is 1. The molecule has 0 unspecified atom stereocenters. The summed E-state index contributed by atoms with van der Waals surface area (Å²) in [5.74, 6) is -1.44. The van der Waals surface area contributed by atoms with Crippen molar-refractivity contribution in [3.8, 4) is 5.75 Å². The molecular formula is C18H23F3N2O4. The van der Waals surface area contributed by atoms with Crippen LogP contribution in [0.15, 0.2) is 24.3 Å². The van der Waals surface area contributed by atoms with Gasteiger partial charge in [0, 0.05) is 32.7 Å². The maximum Gasteiger partial charge on any atom is 0.471 e. The van der Waals surface area contributed by atoms with Crippen molar-refractivity contribution in [3.05, 3.63) is 29.8 Å². The highest BCUT2D eigenvalue weighted by molar-refractivity contribution is 5.81. The van der Waals surface area contributed by atoms with E-state index in [-0.39, 0.29) is 32.1 Å². The molecule has 9 heteroatoms. The first kappa shape index (κ1) is 21.0. The largest absolute Gasteiger partial charge is 0.494 e. The second-order valence-electron chi connectivity index (χ2n) is 6.11. The van der Waals surface area contributed by atoms with Crippen molar-refractivity contribution < 1.29 is 32.2 Å². The van der Waals surface area contributed by atoms with Gasteiger partial charge in [0.1, 0.15) is 12.4 Å². The molecule has 0 radical (unpaired) electrons. The van der Waals surface area contributed by atoms with Crippen molar-refractivity contribution >= 4 is 11.9 Å². The minimum absolute atomic E-state index is 0.0124. The Balaban J connectivity index is 1.65. The molecule has 0 bridgehead atoms. The molecule has 2 rings (SSSR count). The van der Waals surface area contributed by atoms with Crippen LogP contribution in [0.25, 0.3) is 0 Å². The summed E-state index contributed by atoms with van der Waals surface area (Å²) in [6.07, 6.45) is -4.70. The Kier molecular flexibility index (Phi) is 7.46. The average molecular weight is 388 g/mol. The van der Waals surface area contributed by atoms with Crippen molar-refractivity contribution in [2.75, 3.05) is 45.9 Å². The number of esters is 1. The molecule has 0 aliphatic carbocycles. The lowest BCUT2D eigenvalue weighted by molar-refractivity contribution is -0.187. The van der Waals surface area contributed by atoms with E-state index in [9.17, 15) is 22.8 Å². The highest BCUT2D eigenvalue weighted by Gasteiger charge is 2.43. The molecule has 1 amide bonds. The van der Waals surface area contributed by atoms with Gasteiger partial charge in [-0.2, -0.15) is 13.2 Å². The van der Waals surface area contributed by atoms with E-state index in [4.69, 9.17) is 9.47 Å². The van der Waals surface area contributed by atoms with E-state index in [0.717, 1.165) is 16.2 Å². The van der Waals surface area contributed by atoms with Crippen molar-refractivity contribution in [3.63, 3.8) is 0 Å². The number of halogens is 3. The quantitative estimate of drug-likeness (QED) is 0.668. The zero-order valence-corrected chi connectivity index (χ0v) is 15.1. The van der Waals surface area contributed by atoms with Crippen molar-refractivity contribution in [2.45, 2.75) is 19.5 Å². The van der Waals surface area contributed by atoms with Gasteiger partial charge in [0.25, 0.3) is 0 Å². The molecule has 150 valence electrons. The maximum atomic E-state index is 12.4. The number of hydrogen-bond donors (Lipinski definition) is 0. The summed E-state index contributed by atoms with van der Waals surface area (Å²) in [6, 6.07) is 7.16. The fraction of sp³-hybridized carbons (Fsp3) is 0.556. The first-order chi connectivity index (χ1) is 12.8. The van der Waals surface area contributed by atoms with E-state index in [2.05, 4.69) is 0 Å². The Labute approximate surface area is 155 Å². The fourth-order valence-corrected chi connectivity index (χ4v) is 2.73. The Bertz CT molecular complexity index is 626. The van der Waals surface area contributed by atoms with Gasteiger partial charge in [-0.15, -0.1) is 0 Å². The fourth-order valence-electron chi connectivity index (χ4n) is 2.73. The van der Waals surface area contributed by atoms with E-state index >= 15 is 0 Å². The van der Waals surface area contributed by atoms with Crippen LogP contribution in [0.1, 0.15) is 12.5 Å². The number of carbonyl (C=O) groups excluding carboxylic acids is 2. The van der Waals surface area contributed by atoms with Crippen LogP contribution < -0.4 is 4.74 Å². The molecule has 1 aromatic carbocycles. The normalized spacial score (nSPS) is 15.5. The molecule has 0 atom stereocenters. The number of hydrogen-bond acceptors (Lipinski definition) is 5. The van der Waals surface area contributed by atoms with Crippen LogP contribution in [0.4, 0.5) is 13.2 Å². The van der Waals surface area contributed by atoms with Crippen LogP contribution in [-0.4, -0.2) is 73.8 Å². The summed E-state index contributed by atoms with van der Waals surface area (Å²) in [5.41, 5.74) is 0.808. The SMILES string of the molecule is CCOc1ccc(CC(=O)OCCN2CCN(C(=O)C(F)(F)F)CC2)cc1. The number of nitrogens with zero attached hydrogens (tertiary/aromatic N) is 2. The number of carbonyl (C=O) groups is 2. The van der Waals surface area contributed by atoms with Crippen LogP contribution in [0.2, 0.25) is 0 Å². The topological polar surface area (TPSA) is 59.1 Å². The first-order valence-corrected chi connectivity index (χ1v) is 8.75. The predicted molar refractivity (Wildman–Crippen MR) is 91.3 cm³/mol. The third-order valence-corrected chi connectivity index (χ3v) is 4.16. The van der Waals surface area contributed by atoms with E-state index in [1.165, 1.54) is 0 Å². The van der Waals surface area contributed by atoms with Gasteiger partial charge in [0.15, 0.2) is 0 Å². The van der Waals surface area contributed by atoms with Crippen LogP contribution in [0, 0.1) is 0 Å². The van der Waals surface area contributed by atoms with E-state index in [1.807, 2.05) is 11.8 Å². The summed E-state index contributed by atoms with van der Waals surface area (Å²) < 4.78 is 47.7. The number of benzene rings is 1. The lowest BCUT2D eigenvalue weighted by Crippen LogP contribution is -2.52. The Morgan fingerprint density at radius 3 is 2.26 bits per heavy atom.